The van der Waals surface area contributed by atoms with Gasteiger partial charge in [-0.25, -0.2) is 0 Å². The number of hydrogen-bond donors (Lipinski definition) is 1. The molecule has 2 aromatic carbocycles. The zero-order valence-electron chi connectivity index (χ0n) is 19.1. The summed E-state index contributed by atoms with van der Waals surface area (Å²) >= 11 is 5.89. The van der Waals surface area contributed by atoms with Gasteiger partial charge in [-0.05, 0) is 72.8 Å². The van der Waals surface area contributed by atoms with Crippen LogP contribution >= 0.6 is 11.6 Å². The highest BCUT2D eigenvalue weighted by molar-refractivity contribution is 6.30. The Hall–Kier alpha value is -3.48. The molecule has 0 unspecified atom stereocenters. The van der Waals surface area contributed by atoms with Crippen molar-refractivity contribution >= 4 is 34.4 Å². The average Bonchev–Trinajstić information content (AvgIpc) is 3.04. The van der Waals surface area contributed by atoms with Crippen molar-refractivity contribution in [3.63, 3.8) is 0 Å². The maximum absolute atomic E-state index is 13.0. The fraction of sp³-hybridized carbons (Fsp3) is 0.333. The van der Waals surface area contributed by atoms with E-state index in [1.165, 1.54) is 4.57 Å². The van der Waals surface area contributed by atoms with Gasteiger partial charge >= 0.3 is 5.97 Å². The summed E-state index contributed by atoms with van der Waals surface area (Å²) in [5.74, 6) is 0.0561. The van der Waals surface area contributed by atoms with Gasteiger partial charge in [-0.1, -0.05) is 30.6 Å². The van der Waals surface area contributed by atoms with Gasteiger partial charge < -0.3 is 9.84 Å². The summed E-state index contributed by atoms with van der Waals surface area (Å²) < 4.78 is 6.77. The van der Waals surface area contributed by atoms with E-state index in [1.807, 2.05) is 0 Å². The molecule has 1 heterocycles. The van der Waals surface area contributed by atoms with Crippen LogP contribution in [0.5, 0.6) is 5.75 Å². The average molecular weight is 471 g/mol. The number of carbonyl (C=O) groups is 2. The van der Waals surface area contributed by atoms with Gasteiger partial charge in [0.1, 0.15) is 5.75 Å². The molecule has 174 valence electrons. The van der Waals surface area contributed by atoms with Crippen LogP contribution in [0.1, 0.15) is 41.9 Å². The van der Waals surface area contributed by atoms with Crippen LogP contribution in [0.2, 0.25) is 5.02 Å². The predicted octanol–water partition coefficient (Wildman–Crippen LogP) is 6.27. The lowest BCUT2D eigenvalue weighted by Crippen LogP contribution is -2.14. The first-order chi connectivity index (χ1) is 15.7. The zero-order valence-corrected chi connectivity index (χ0v) is 19.8. The van der Waals surface area contributed by atoms with E-state index in [0.717, 1.165) is 6.42 Å². The summed E-state index contributed by atoms with van der Waals surface area (Å²) in [4.78, 5) is 26.9. The minimum atomic E-state index is -0.955. The van der Waals surface area contributed by atoms with E-state index in [4.69, 9.17) is 21.9 Å². The standard InChI is InChI=1S/C19H16ClNO4.C5H11N3/c1-11-15(10-18(22)23)16-9-14(25-2)7-8-17(16)21(11)19(24)12-3-5-13(20)6-4-12;1-5(2)3-4-7-8-6/h3-9H,10H2,1-2H3,(H,22,23);5H,3-4H2,1-2H3. The highest BCUT2D eigenvalue weighted by Gasteiger charge is 2.21. The molecule has 0 saturated carbocycles. The molecule has 1 N–H and O–H groups in total. The van der Waals surface area contributed by atoms with Crippen LogP contribution < -0.4 is 4.74 Å². The Bertz CT molecular complexity index is 1180. The van der Waals surface area contributed by atoms with E-state index >= 15 is 0 Å². The second-order valence-electron chi connectivity index (χ2n) is 7.80. The summed E-state index contributed by atoms with van der Waals surface area (Å²) in [6.45, 7) is 6.59. The quantitative estimate of drug-likeness (QED) is 0.248. The Morgan fingerprint density at radius 2 is 1.88 bits per heavy atom. The number of halogens is 1. The Morgan fingerprint density at radius 3 is 2.42 bits per heavy atom. The molecule has 0 atom stereocenters. The number of benzene rings is 2. The van der Waals surface area contributed by atoms with Crippen LogP contribution in [0.4, 0.5) is 0 Å². The number of carbonyl (C=O) groups excluding carboxylic acids is 1. The number of methoxy groups -OCH3 is 1. The number of aromatic nitrogens is 1. The molecule has 8 nitrogen and oxygen atoms in total. The molecule has 0 radical (unpaired) electrons. The largest absolute Gasteiger partial charge is 0.497 e. The molecular weight excluding hydrogens is 444 g/mol. The minimum absolute atomic E-state index is 0.170. The third-order valence-electron chi connectivity index (χ3n) is 5.03. The SMILES string of the molecule is CC(C)CCN=[N+]=[N-].COc1ccc2c(c1)c(CC(=O)O)c(C)n2C(=O)c1ccc(Cl)cc1. The van der Waals surface area contributed by atoms with Gasteiger partial charge in [0.15, 0.2) is 0 Å². The molecule has 0 aliphatic rings. The summed E-state index contributed by atoms with van der Waals surface area (Å²) in [5.41, 5.74) is 10.2. The van der Waals surface area contributed by atoms with E-state index in [-0.39, 0.29) is 12.3 Å². The van der Waals surface area contributed by atoms with E-state index < -0.39 is 5.97 Å². The molecule has 0 bridgehead atoms. The van der Waals surface area contributed by atoms with E-state index in [0.29, 0.717) is 51.0 Å². The number of aliphatic carboxylic acids is 1. The van der Waals surface area contributed by atoms with Crippen LogP contribution in [-0.2, 0) is 11.2 Å². The van der Waals surface area contributed by atoms with Crippen molar-refractivity contribution in [2.24, 2.45) is 11.0 Å². The zero-order chi connectivity index (χ0) is 24.5. The number of fused-ring (bicyclic) bond motifs is 1. The van der Waals surface area contributed by atoms with Crippen molar-refractivity contribution < 1.29 is 19.4 Å². The molecule has 9 heteroatoms. The summed E-state index contributed by atoms with van der Waals surface area (Å²) in [6, 6.07) is 11.9. The molecule has 0 amide bonds. The molecule has 33 heavy (non-hydrogen) atoms. The first-order valence-corrected chi connectivity index (χ1v) is 10.8. The number of carboxylic acids is 1. The fourth-order valence-corrected chi connectivity index (χ4v) is 3.43. The highest BCUT2D eigenvalue weighted by Crippen LogP contribution is 2.30. The number of nitrogens with zero attached hydrogens (tertiary/aromatic N) is 4. The van der Waals surface area contributed by atoms with Crippen molar-refractivity contribution in [2.45, 2.75) is 33.6 Å². The van der Waals surface area contributed by atoms with Gasteiger partial charge in [0, 0.05) is 33.1 Å². The van der Waals surface area contributed by atoms with Crippen LogP contribution in [-0.4, -0.2) is 35.2 Å². The van der Waals surface area contributed by atoms with Gasteiger partial charge in [0.25, 0.3) is 5.91 Å². The van der Waals surface area contributed by atoms with Crippen molar-refractivity contribution in [1.29, 1.82) is 0 Å². The van der Waals surface area contributed by atoms with E-state index in [1.54, 1.807) is 56.5 Å². The Morgan fingerprint density at radius 1 is 1.21 bits per heavy atom. The van der Waals surface area contributed by atoms with Crippen LogP contribution in [0, 0.1) is 12.8 Å². The lowest BCUT2D eigenvalue weighted by atomic mass is 10.1. The van der Waals surface area contributed by atoms with Gasteiger partial charge in [-0.15, -0.1) is 0 Å². The van der Waals surface area contributed by atoms with Crippen molar-refractivity contribution in [2.75, 3.05) is 13.7 Å². The number of rotatable bonds is 7. The predicted molar refractivity (Wildman–Crippen MR) is 129 cm³/mol. The number of carboxylic acid groups (broad SMARTS) is 1. The molecule has 3 rings (SSSR count). The molecule has 0 aliphatic carbocycles. The van der Waals surface area contributed by atoms with Gasteiger partial charge in [-0.3, -0.25) is 14.2 Å². The summed E-state index contributed by atoms with van der Waals surface area (Å²) in [6.07, 6.45) is 0.820. The first kappa shape index (κ1) is 25.8. The first-order valence-electron chi connectivity index (χ1n) is 10.4. The van der Waals surface area contributed by atoms with Gasteiger partial charge in [0.05, 0.1) is 19.0 Å². The fourth-order valence-electron chi connectivity index (χ4n) is 3.31. The van der Waals surface area contributed by atoms with Crippen LogP contribution in [0.3, 0.4) is 0 Å². The topological polar surface area (TPSA) is 117 Å². The molecule has 0 aliphatic heterocycles. The third kappa shape index (κ3) is 6.75. The maximum atomic E-state index is 13.0. The molecule has 0 spiro atoms. The molecule has 0 fully saturated rings. The minimum Gasteiger partial charge on any atom is -0.497 e. The lowest BCUT2D eigenvalue weighted by Gasteiger charge is -2.08. The number of azide groups is 1. The van der Waals surface area contributed by atoms with E-state index in [2.05, 4.69) is 23.9 Å². The normalized spacial score (nSPS) is 10.4. The summed E-state index contributed by atoms with van der Waals surface area (Å²) in [7, 11) is 1.54. The van der Waals surface area contributed by atoms with Crippen molar-refractivity contribution in [3.8, 4) is 5.75 Å². The van der Waals surface area contributed by atoms with Gasteiger partial charge in [-0.2, -0.15) is 0 Å². The second-order valence-corrected chi connectivity index (χ2v) is 8.24. The van der Waals surface area contributed by atoms with Gasteiger partial charge in [0.2, 0.25) is 0 Å². The molecular formula is C24H27ClN4O4. The summed E-state index contributed by atoms with van der Waals surface area (Å²) in [5, 5.41) is 13.9. The Kier molecular flexibility index (Phi) is 9.33. The third-order valence-corrected chi connectivity index (χ3v) is 5.29. The second kappa shape index (κ2) is 11.9. The Labute approximate surface area is 197 Å². The smallest absolute Gasteiger partial charge is 0.307 e. The monoisotopic (exact) mass is 470 g/mol. The molecule has 0 saturated heterocycles. The number of ether oxygens (including phenoxy) is 1. The van der Waals surface area contributed by atoms with Crippen molar-refractivity contribution in [1.82, 2.24) is 4.57 Å². The number of hydrogen-bond acceptors (Lipinski definition) is 4. The molecule has 1 aromatic heterocycles. The molecule has 3 aromatic rings. The lowest BCUT2D eigenvalue weighted by molar-refractivity contribution is -0.136. The Balaban J connectivity index is 0.000000414. The van der Waals surface area contributed by atoms with Crippen molar-refractivity contribution in [3.05, 3.63) is 74.8 Å². The highest BCUT2D eigenvalue weighted by atomic mass is 35.5. The van der Waals surface area contributed by atoms with Crippen LogP contribution in [0.25, 0.3) is 21.3 Å². The maximum Gasteiger partial charge on any atom is 0.307 e. The van der Waals surface area contributed by atoms with Crippen LogP contribution in [0.15, 0.2) is 47.6 Å². The van der Waals surface area contributed by atoms with E-state index in [9.17, 15) is 14.7 Å².